The van der Waals surface area contributed by atoms with Gasteiger partial charge in [0.25, 0.3) is 0 Å². The van der Waals surface area contributed by atoms with Crippen molar-refractivity contribution in [3.05, 3.63) is 18.2 Å². The second kappa shape index (κ2) is 6.55. The fourth-order valence-corrected chi connectivity index (χ4v) is 2.44. The van der Waals surface area contributed by atoms with Crippen LogP contribution in [0.15, 0.2) is 12.5 Å². The second-order valence-corrected chi connectivity index (χ2v) is 5.54. The molecule has 0 aromatic carbocycles. The van der Waals surface area contributed by atoms with Crippen LogP contribution in [0.4, 0.5) is 0 Å². The van der Waals surface area contributed by atoms with Gasteiger partial charge in [-0.1, -0.05) is 13.8 Å². The normalized spacial score (nSPS) is 22.2. The molecular weight excluding hydrogens is 248 g/mol. The molecule has 2 N–H and O–H groups in total. The van der Waals surface area contributed by atoms with E-state index in [1.807, 2.05) is 6.33 Å². The Morgan fingerprint density at radius 2 is 2.22 bits per heavy atom. The third kappa shape index (κ3) is 3.46. The van der Waals surface area contributed by atoms with Crippen LogP contribution in [0.5, 0.6) is 0 Å². The van der Waals surface area contributed by atoms with Crippen molar-refractivity contribution < 1.29 is 0 Å². The van der Waals surface area contributed by atoms with Crippen molar-refractivity contribution in [1.82, 2.24) is 14.5 Å². The van der Waals surface area contributed by atoms with Crippen molar-refractivity contribution >= 4 is 12.4 Å². The highest BCUT2D eigenvalue weighted by molar-refractivity contribution is 5.85. The predicted molar refractivity (Wildman–Crippen MR) is 76.9 cm³/mol. The van der Waals surface area contributed by atoms with Crippen LogP contribution in [0.3, 0.4) is 0 Å². The van der Waals surface area contributed by atoms with Gasteiger partial charge in [-0.15, -0.1) is 12.4 Å². The first-order valence-electron chi connectivity index (χ1n) is 6.55. The molecule has 2 atom stereocenters. The highest BCUT2D eigenvalue weighted by atomic mass is 35.5. The molecule has 104 valence electrons. The number of hydrogen-bond donors (Lipinski definition) is 1. The van der Waals surface area contributed by atoms with Crippen molar-refractivity contribution in [2.75, 3.05) is 13.6 Å². The molecule has 0 spiro atoms. The Hall–Kier alpha value is -0.580. The summed E-state index contributed by atoms with van der Waals surface area (Å²) in [5.41, 5.74) is 7.11. The number of likely N-dealkylation sites (N-methyl/N-ethyl adjacent to an activating group) is 1. The number of hydrogen-bond acceptors (Lipinski definition) is 3. The molecule has 0 aliphatic carbocycles. The van der Waals surface area contributed by atoms with Gasteiger partial charge in [0.2, 0.25) is 0 Å². The first kappa shape index (κ1) is 15.5. The molecule has 0 amide bonds. The smallest absolute Gasteiger partial charge is 0.0950 e. The maximum atomic E-state index is 6.10. The zero-order valence-electron chi connectivity index (χ0n) is 11.5. The molecule has 2 heterocycles. The molecule has 1 aromatic rings. The molecule has 1 saturated heterocycles. The second-order valence-electron chi connectivity index (χ2n) is 5.54. The zero-order chi connectivity index (χ0) is 12.4. The lowest BCUT2D eigenvalue weighted by atomic mass is 10.0. The molecule has 0 saturated carbocycles. The predicted octanol–water partition coefficient (Wildman–Crippen LogP) is 2.05. The average molecular weight is 273 g/mol. The highest BCUT2D eigenvalue weighted by Crippen LogP contribution is 2.19. The van der Waals surface area contributed by atoms with E-state index < -0.39 is 0 Å². The SMILES string of the molecule is CC(C)[C@H](N)c1cn(C[C@@H]2CCCN2C)cn1.Cl. The first-order valence-corrected chi connectivity index (χ1v) is 6.55. The molecule has 1 aliphatic heterocycles. The minimum atomic E-state index is 0. The quantitative estimate of drug-likeness (QED) is 0.913. The highest BCUT2D eigenvalue weighted by Gasteiger charge is 2.21. The summed E-state index contributed by atoms with van der Waals surface area (Å²) in [5.74, 6) is 0.438. The van der Waals surface area contributed by atoms with Crippen LogP contribution in [0.25, 0.3) is 0 Å². The van der Waals surface area contributed by atoms with Crippen LogP contribution in [-0.2, 0) is 6.54 Å². The van der Waals surface area contributed by atoms with Crippen molar-refractivity contribution in [3.8, 4) is 0 Å². The van der Waals surface area contributed by atoms with Gasteiger partial charge in [-0.3, -0.25) is 0 Å². The van der Waals surface area contributed by atoms with Gasteiger partial charge in [-0.05, 0) is 32.4 Å². The van der Waals surface area contributed by atoms with Crippen molar-refractivity contribution in [1.29, 1.82) is 0 Å². The van der Waals surface area contributed by atoms with E-state index in [2.05, 4.69) is 41.5 Å². The number of nitrogens with zero attached hydrogens (tertiary/aromatic N) is 3. The van der Waals surface area contributed by atoms with E-state index >= 15 is 0 Å². The summed E-state index contributed by atoms with van der Waals surface area (Å²) in [4.78, 5) is 6.86. The Balaban J connectivity index is 0.00000162. The minimum Gasteiger partial charge on any atom is -0.336 e. The number of aromatic nitrogens is 2. The van der Waals surface area contributed by atoms with E-state index in [1.54, 1.807) is 0 Å². The van der Waals surface area contributed by atoms with Crippen LogP contribution < -0.4 is 5.73 Å². The molecule has 1 fully saturated rings. The third-order valence-electron chi connectivity index (χ3n) is 3.81. The van der Waals surface area contributed by atoms with Crippen LogP contribution in [0, 0.1) is 5.92 Å². The molecule has 0 unspecified atom stereocenters. The molecular formula is C13H25ClN4. The summed E-state index contributed by atoms with van der Waals surface area (Å²) in [5, 5.41) is 0. The molecule has 0 radical (unpaired) electrons. The van der Waals surface area contributed by atoms with Crippen molar-refractivity contribution in [3.63, 3.8) is 0 Å². The molecule has 18 heavy (non-hydrogen) atoms. The molecule has 2 rings (SSSR count). The van der Waals surface area contributed by atoms with Crippen molar-refractivity contribution in [2.45, 2.75) is 45.3 Å². The molecule has 4 nitrogen and oxygen atoms in total. The Kier molecular flexibility index (Phi) is 5.63. The Labute approximate surface area is 116 Å². The van der Waals surface area contributed by atoms with E-state index in [0.29, 0.717) is 12.0 Å². The van der Waals surface area contributed by atoms with Crippen LogP contribution in [0.2, 0.25) is 0 Å². The van der Waals surface area contributed by atoms with Crippen LogP contribution in [0.1, 0.15) is 38.4 Å². The zero-order valence-corrected chi connectivity index (χ0v) is 12.4. The van der Waals surface area contributed by atoms with E-state index in [4.69, 9.17) is 5.73 Å². The Morgan fingerprint density at radius 3 is 2.78 bits per heavy atom. The molecule has 1 aliphatic rings. The monoisotopic (exact) mass is 272 g/mol. The fourth-order valence-electron chi connectivity index (χ4n) is 2.44. The lowest BCUT2D eigenvalue weighted by Crippen LogP contribution is -2.28. The topological polar surface area (TPSA) is 47.1 Å². The van der Waals surface area contributed by atoms with Gasteiger partial charge in [0.1, 0.15) is 0 Å². The van der Waals surface area contributed by atoms with Crippen LogP contribution >= 0.6 is 12.4 Å². The fraction of sp³-hybridized carbons (Fsp3) is 0.769. The number of halogens is 1. The van der Waals surface area contributed by atoms with Gasteiger partial charge in [-0.25, -0.2) is 4.98 Å². The van der Waals surface area contributed by atoms with Gasteiger partial charge in [0.05, 0.1) is 18.1 Å². The van der Waals surface area contributed by atoms with Crippen molar-refractivity contribution in [2.24, 2.45) is 11.7 Å². The van der Waals surface area contributed by atoms with Gasteiger partial charge in [-0.2, -0.15) is 0 Å². The molecule has 5 heteroatoms. The molecule has 0 bridgehead atoms. The van der Waals surface area contributed by atoms with Gasteiger partial charge >= 0.3 is 0 Å². The lowest BCUT2D eigenvalue weighted by Gasteiger charge is -2.19. The summed E-state index contributed by atoms with van der Waals surface area (Å²) in [6, 6.07) is 0.713. The summed E-state index contributed by atoms with van der Waals surface area (Å²) in [6.45, 7) is 6.52. The summed E-state index contributed by atoms with van der Waals surface area (Å²) in [6.07, 6.45) is 6.63. The van der Waals surface area contributed by atoms with E-state index in [-0.39, 0.29) is 18.4 Å². The summed E-state index contributed by atoms with van der Waals surface area (Å²) in [7, 11) is 2.20. The summed E-state index contributed by atoms with van der Waals surface area (Å²) >= 11 is 0. The van der Waals surface area contributed by atoms with Gasteiger partial charge in [0, 0.05) is 18.8 Å². The Bertz CT molecular complexity index is 364. The van der Waals surface area contributed by atoms with Crippen LogP contribution in [-0.4, -0.2) is 34.1 Å². The largest absolute Gasteiger partial charge is 0.336 e. The Morgan fingerprint density at radius 1 is 1.50 bits per heavy atom. The first-order chi connectivity index (χ1) is 8.08. The third-order valence-corrected chi connectivity index (χ3v) is 3.81. The standard InChI is InChI=1S/C13H24N4.ClH/c1-10(2)13(14)12-8-17(9-15-12)7-11-5-4-6-16(11)3;/h8-11,13H,4-7,14H2,1-3H3;1H/t11-,13-;/m0./s1. The minimum absolute atomic E-state index is 0. The number of imidazole rings is 1. The lowest BCUT2D eigenvalue weighted by molar-refractivity contribution is 0.282. The van der Waals surface area contributed by atoms with E-state index in [9.17, 15) is 0 Å². The summed E-state index contributed by atoms with van der Waals surface area (Å²) < 4.78 is 2.18. The number of nitrogens with two attached hydrogens (primary N) is 1. The van der Waals surface area contributed by atoms with E-state index in [0.717, 1.165) is 12.2 Å². The number of likely N-dealkylation sites (tertiary alicyclic amines) is 1. The molecule has 1 aromatic heterocycles. The maximum Gasteiger partial charge on any atom is 0.0950 e. The average Bonchev–Trinajstić information content (AvgIpc) is 2.88. The van der Waals surface area contributed by atoms with Gasteiger partial charge < -0.3 is 15.2 Å². The maximum absolute atomic E-state index is 6.10. The van der Waals surface area contributed by atoms with Gasteiger partial charge in [0.15, 0.2) is 0 Å². The number of rotatable bonds is 4. The van der Waals surface area contributed by atoms with E-state index in [1.165, 1.54) is 19.4 Å².